The van der Waals surface area contributed by atoms with Crippen LogP contribution >= 0.6 is 0 Å². The summed E-state index contributed by atoms with van der Waals surface area (Å²) < 4.78 is 7.60. The van der Waals surface area contributed by atoms with Crippen LogP contribution in [0.25, 0.3) is 22.2 Å². The number of benzene rings is 3. The van der Waals surface area contributed by atoms with E-state index in [2.05, 4.69) is 17.6 Å². The summed E-state index contributed by atoms with van der Waals surface area (Å²) in [4.78, 5) is 16.6. The molecule has 4 aromatic rings. The molecule has 0 aliphatic carbocycles. The topological polar surface area (TPSA) is 88.1 Å². The summed E-state index contributed by atoms with van der Waals surface area (Å²) in [6, 6.07) is 21.3. The van der Waals surface area contributed by atoms with E-state index < -0.39 is 5.97 Å². The van der Waals surface area contributed by atoms with E-state index in [0.29, 0.717) is 42.2 Å². The normalized spacial score (nSPS) is 10.7. The molecule has 0 saturated heterocycles. The summed E-state index contributed by atoms with van der Waals surface area (Å²) in [5, 5.41) is 19.2. The Morgan fingerprint density at radius 2 is 1.94 bits per heavy atom. The molecule has 0 spiro atoms. The van der Waals surface area contributed by atoms with Gasteiger partial charge in [-0.25, -0.2) is 4.79 Å². The Morgan fingerprint density at radius 3 is 2.61 bits per heavy atom. The summed E-state index contributed by atoms with van der Waals surface area (Å²) in [5.41, 5.74) is 5.60. The number of imidazole rings is 1. The third kappa shape index (κ3) is 4.21. The van der Waals surface area contributed by atoms with E-state index >= 15 is 0 Å². The average Bonchev–Trinajstić information content (AvgIpc) is 3.18. The van der Waals surface area contributed by atoms with Crippen molar-refractivity contribution in [3.05, 3.63) is 95.6 Å². The van der Waals surface area contributed by atoms with Crippen molar-refractivity contribution in [2.75, 3.05) is 6.61 Å². The molecule has 0 bridgehead atoms. The molecule has 0 amide bonds. The van der Waals surface area contributed by atoms with Gasteiger partial charge in [-0.3, -0.25) is 4.57 Å². The molecule has 0 unspecified atom stereocenters. The van der Waals surface area contributed by atoms with Crippen molar-refractivity contribution in [1.82, 2.24) is 9.55 Å². The molecule has 1 N–H and O–H groups in total. The molecule has 0 radical (unpaired) electrons. The molecule has 0 saturated carbocycles. The first-order valence-electron chi connectivity index (χ1n) is 10.6. The molecule has 1 heterocycles. The number of aromatic nitrogens is 2. The first kappa shape index (κ1) is 21.8. The Labute approximate surface area is 192 Å². The second kappa shape index (κ2) is 9.41. The molecule has 0 atom stereocenters. The van der Waals surface area contributed by atoms with E-state index in [-0.39, 0.29) is 5.56 Å². The summed E-state index contributed by atoms with van der Waals surface area (Å²) in [7, 11) is 0. The van der Waals surface area contributed by atoms with Crippen LogP contribution in [0.3, 0.4) is 0 Å². The lowest BCUT2D eigenvalue weighted by molar-refractivity contribution is 0.0698. The maximum atomic E-state index is 12.0. The van der Waals surface area contributed by atoms with Crippen LogP contribution in [-0.2, 0) is 13.0 Å². The minimum Gasteiger partial charge on any atom is -0.478 e. The zero-order valence-corrected chi connectivity index (χ0v) is 18.3. The van der Waals surface area contributed by atoms with E-state index in [1.165, 1.54) is 0 Å². The van der Waals surface area contributed by atoms with Gasteiger partial charge in [-0.2, -0.15) is 10.2 Å². The van der Waals surface area contributed by atoms with Crippen LogP contribution < -0.4 is 4.74 Å². The van der Waals surface area contributed by atoms with Crippen LogP contribution in [0.4, 0.5) is 0 Å². The zero-order valence-electron chi connectivity index (χ0n) is 18.3. The highest BCUT2D eigenvalue weighted by atomic mass is 16.5. The van der Waals surface area contributed by atoms with E-state index in [9.17, 15) is 15.2 Å². The van der Waals surface area contributed by atoms with Crippen molar-refractivity contribution in [3.8, 4) is 23.2 Å². The van der Waals surface area contributed by atoms with E-state index in [1.807, 2.05) is 54.0 Å². The van der Waals surface area contributed by atoms with Crippen molar-refractivity contribution in [2.45, 2.75) is 19.9 Å². The number of carboxylic acids is 1. The number of hydrogen-bond acceptors (Lipinski definition) is 4. The molecule has 6 nitrogen and oxygen atoms in total. The second-order valence-electron chi connectivity index (χ2n) is 7.54. The highest BCUT2D eigenvalue weighted by Crippen LogP contribution is 2.30. The standard InChI is InChI=1S/C27H23N3O3/c1-3-7-20-14-15-23(26(31)32)25-24(20)29-27(33-4-2)30(25)17-18-10-12-19(13-11-18)22-9-6-5-8-21(22)16-28/h3,5-6,8-15H,1,4,7,17H2,2H3,(H,31,32). The molecular weight excluding hydrogens is 414 g/mol. The number of nitrogens with zero attached hydrogens (tertiary/aromatic N) is 3. The van der Waals surface area contributed by atoms with Gasteiger partial charge in [0.25, 0.3) is 6.01 Å². The highest BCUT2D eigenvalue weighted by molar-refractivity contribution is 6.02. The summed E-state index contributed by atoms with van der Waals surface area (Å²) >= 11 is 0. The quantitative estimate of drug-likeness (QED) is 0.370. The van der Waals surface area contributed by atoms with Gasteiger partial charge in [0.2, 0.25) is 0 Å². The molecular formula is C27H23N3O3. The summed E-state index contributed by atoms with van der Waals surface area (Å²) in [5.74, 6) is -1.02. The minimum absolute atomic E-state index is 0.177. The number of carbonyl (C=O) groups is 1. The van der Waals surface area contributed by atoms with Crippen LogP contribution in [0.15, 0.2) is 73.3 Å². The van der Waals surface area contributed by atoms with Crippen molar-refractivity contribution in [3.63, 3.8) is 0 Å². The van der Waals surface area contributed by atoms with E-state index in [0.717, 1.165) is 22.3 Å². The van der Waals surface area contributed by atoms with Gasteiger partial charge in [-0.1, -0.05) is 54.6 Å². The van der Waals surface area contributed by atoms with Crippen LogP contribution in [0.5, 0.6) is 6.01 Å². The Morgan fingerprint density at radius 1 is 1.18 bits per heavy atom. The van der Waals surface area contributed by atoms with Crippen LogP contribution in [-0.4, -0.2) is 27.2 Å². The molecule has 4 rings (SSSR count). The minimum atomic E-state index is -1.02. The smallest absolute Gasteiger partial charge is 0.337 e. The third-order valence-electron chi connectivity index (χ3n) is 5.46. The van der Waals surface area contributed by atoms with Crippen LogP contribution in [0.2, 0.25) is 0 Å². The highest BCUT2D eigenvalue weighted by Gasteiger charge is 2.21. The average molecular weight is 437 g/mol. The molecule has 33 heavy (non-hydrogen) atoms. The zero-order chi connectivity index (χ0) is 23.4. The number of fused-ring (bicyclic) bond motifs is 1. The molecule has 3 aromatic carbocycles. The first-order chi connectivity index (χ1) is 16.1. The van der Waals surface area contributed by atoms with Crippen molar-refractivity contribution in [1.29, 1.82) is 5.26 Å². The number of allylic oxidation sites excluding steroid dienone is 1. The lowest BCUT2D eigenvalue weighted by Crippen LogP contribution is -2.08. The SMILES string of the molecule is C=CCc1ccc(C(=O)O)c2c1nc(OCC)n2Cc1ccc(-c2ccccc2C#N)cc1. The number of carboxylic acid groups (broad SMARTS) is 1. The van der Waals surface area contributed by atoms with Gasteiger partial charge >= 0.3 is 5.97 Å². The van der Waals surface area contributed by atoms with Gasteiger partial charge in [-0.15, -0.1) is 6.58 Å². The van der Waals surface area contributed by atoms with Gasteiger partial charge in [0.05, 0.1) is 41.4 Å². The Kier molecular flexibility index (Phi) is 6.23. The van der Waals surface area contributed by atoms with Gasteiger partial charge in [0.1, 0.15) is 0 Å². The Bertz CT molecular complexity index is 1380. The van der Waals surface area contributed by atoms with Crippen molar-refractivity contribution < 1.29 is 14.6 Å². The number of ether oxygens (including phenoxy) is 1. The summed E-state index contributed by atoms with van der Waals surface area (Å²) in [6.45, 7) is 6.47. The van der Waals surface area contributed by atoms with Crippen molar-refractivity contribution >= 4 is 17.0 Å². The van der Waals surface area contributed by atoms with Crippen LogP contribution in [0, 0.1) is 11.3 Å². The lowest BCUT2D eigenvalue weighted by atomic mass is 9.99. The fraction of sp³-hybridized carbons (Fsp3) is 0.148. The van der Waals surface area contributed by atoms with Gasteiger partial charge in [-0.05, 0) is 47.7 Å². The fourth-order valence-electron chi connectivity index (χ4n) is 3.95. The van der Waals surface area contributed by atoms with E-state index in [4.69, 9.17) is 4.74 Å². The molecule has 0 fully saturated rings. The van der Waals surface area contributed by atoms with Gasteiger partial charge < -0.3 is 9.84 Å². The van der Waals surface area contributed by atoms with Crippen molar-refractivity contribution in [2.24, 2.45) is 0 Å². The molecule has 164 valence electrons. The Hall–Kier alpha value is -4.37. The predicted octanol–water partition coefficient (Wildman–Crippen LogP) is 5.45. The fourth-order valence-corrected chi connectivity index (χ4v) is 3.95. The first-order valence-corrected chi connectivity index (χ1v) is 10.6. The maximum Gasteiger partial charge on any atom is 0.337 e. The van der Waals surface area contributed by atoms with Gasteiger partial charge in [0.15, 0.2) is 0 Å². The number of aromatic carboxylic acids is 1. The number of rotatable bonds is 8. The Balaban J connectivity index is 1.80. The number of nitriles is 1. The predicted molar refractivity (Wildman–Crippen MR) is 127 cm³/mol. The van der Waals surface area contributed by atoms with E-state index in [1.54, 1.807) is 24.3 Å². The molecule has 1 aromatic heterocycles. The summed E-state index contributed by atoms with van der Waals surface area (Å²) in [6.07, 6.45) is 2.35. The lowest BCUT2D eigenvalue weighted by Gasteiger charge is -2.12. The van der Waals surface area contributed by atoms with Crippen LogP contribution in [0.1, 0.15) is 34.0 Å². The molecule has 6 heteroatoms. The van der Waals surface area contributed by atoms with Gasteiger partial charge in [0, 0.05) is 0 Å². The molecule has 0 aliphatic rings. The molecule has 0 aliphatic heterocycles. The largest absolute Gasteiger partial charge is 0.478 e. The maximum absolute atomic E-state index is 12.0. The monoisotopic (exact) mass is 437 g/mol. The number of hydrogen-bond donors (Lipinski definition) is 1. The second-order valence-corrected chi connectivity index (χ2v) is 7.54. The third-order valence-corrected chi connectivity index (χ3v) is 5.46.